The Balaban J connectivity index is 2.20. The average Bonchev–Trinajstić information content (AvgIpc) is 2.80. The van der Waals surface area contributed by atoms with E-state index < -0.39 is 5.91 Å². The first-order chi connectivity index (χ1) is 8.60. The van der Waals surface area contributed by atoms with Gasteiger partial charge in [-0.2, -0.15) is 5.10 Å². The van der Waals surface area contributed by atoms with Gasteiger partial charge in [-0.25, -0.2) is 4.39 Å². The molecular weight excluding hydrogens is 235 g/mol. The highest BCUT2D eigenvalue weighted by molar-refractivity contribution is 5.92. The lowest BCUT2D eigenvalue weighted by molar-refractivity contribution is 0.1000. The first-order valence-electron chi connectivity index (χ1n) is 5.40. The fourth-order valence-corrected chi connectivity index (χ4v) is 1.60. The van der Waals surface area contributed by atoms with E-state index in [1.165, 1.54) is 23.1 Å². The number of amides is 1. The molecule has 0 aliphatic carbocycles. The lowest BCUT2D eigenvalue weighted by atomic mass is 10.1. The van der Waals surface area contributed by atoms with Crippen molar-refractivity contribution >= 4 is 5.91 Å². The van der Waals surface area contributed by atoms with Crippen LogP contribution in [0.5, 0.6) is 0 Å². The number of carbonyl (C=O) groups is 1. The Hall–Kier alpha value is -2.21. The molecular formula is C12H13FN4O. The van der Waals surface area contributed by atoms with Crippen molar-refractivity contribution in [2.75, 3.05) is 0 Å². The molecule has 0 saturated carbocycles. The van der Waals surface area contributed by atoms with Crippen LogP contribution in [-0.4, -0.2) is 15.7 Å². The van der Waals surface area contributed by atoms with Gasteiger partial charge in [-0.1, -0.05) is 12.1 Å². The predicted molar refractivity (Wildman–Crippen MR) is 64.1 cm³/mol. The number of benzene rings is 1. The van der Waals surface area contributed by atoms with E-state index >= 15 is 0 Å². The van der Waals surface area contributed by atoms with Gasteiger partial charge in [-0.15, -0.1) is 0 Å². The Morgan fingerprint density at radius 1 is 1.44 bits per heavy atom. The number of rotatable bonds is 4. The highest BCUT2D eigenvalue weighted by Gasteiger charge is 2.07. The Kier molecular flexibility index (Phi) is 3.38. The summed E-state index contributed by atoms with van der Waals surface area (Å²) in [6.07, 6.45) is 2.84. The number of nitrogens with two attached hydrogens (primary N) is 2. The van der Waals surface area contributed by atoms with Gasteiger partial charge in [0.15, 0.2) is 0 Å². The van der Waals surface area contributed by atoms with Gasteiger partial charge in [-0.3, -0.25) is 9.48 Å². The minimum Gasteiger partial charge on any atom is -0.366 e. The number of halogens is 1. The number of nitrogens with zero attached hydrogens (tertiary/aromatic N) is 2. The molecule has 0 aliphatic rings. The zero-order valence-electron chi connectivity index (χ0n) is 9.64. The van der Waals surface area contributed by atoms with Crippen molar-refractivity contribution < 1.29 is 9.18 Å². The Labute approximate surface area is 103 Å². The zero-order chi connectivity index (χ0) is 13.1. The largest absolute Gasteiger partial charge is 0.366 e. The monoisotopic (exact) mass is 248 g/mol. The highest BCUT2D eigenvalue weighted by atomic mass is 19.1. The smallest absolute Gasteiger partial charge is 0.251 e. The van der Waals surface area contributed by atoms with E-state index in [1.807, 2.05) is 0 Å². The van der Waals surface area contributed by atoms with Gasteiger partial charge in [-0.05, 0) is 11.6 Å². The molecule has 6 heteroatoms. The maximum atomic E-state index is 13.7. The summed E-state index contributed by atoms with van der Waals surface area (Å²) in [5.74, 6) is -0.894. The predicted octanol–water partition coefficient (Wildman–Crippen LogP) is 0.628. The number of aromatic nitrogens is 2. The second-order valence-corrected chi connectivity index (χ2v) is 3.92. The fraction of sp³-hybridized carbons (Fsp3) is 0.167. The van der Waals surface area contributed by atoms with Crippen LogP contribution >= 0.6 is 0 Å². The third-order valence-electron chi connectivity index (χ3n) is 2.60. The lowest BCUT2D eigenvalue weighted by Crippen LogP contribution is -2.10. The molecule has 5 nitrogen and oxygen atoms in total. The summed E-state index contributed by atoms with van der Waals surface area (Å²) in [7, 11) is 0. The third-order valence-corrected chi connectivity index (χ3v) is 2.60. The number of primary amides is 1. The summed E-state index contributed by atoms with van der Waals surface area (Å²) in [5, 5.41) is 3.94. The van der Waals surface area contributed by atoms with Gasteiger partial charge in [0.2, 0.25) is 0 Å². The topological polar surface area (TPSA) is 86.9 Å². The van der Waals surface area contributed by atoms with Gasteiger partial charge in [0.25, 0.3) is 5.91 Å². The van der Waals surface area contributed by atoms with Crippen molar-refractivity contribution in [3.63, 3.8) is 0 Å². The minimum atomic E-state index is -0.555. The SMILES string of the molecule is NCc1ccc(Cn2cc(C(N)=O)cn2)c(F)c1. The van der Waals surface area contributed by atoms with E-state index in [2.05, 4.69) is 5.10 Å². The average molecular weight is 248 g/mol. The third kappa shape index (κ3) is 2.54. The quantitative estimate of drug-likeness (QED) is 0.831. The van der Waals surface area contributed by atoms with Crippen molar-refractivity contribution in [3.8, 4) is 0 Å². The maximum absolute atomic E-state index is 13.7. The zero-order valence-corrected chi connectivity index (χ0v) is 9.64. The molecule has 0 saturated heterocycles. The summed E-state index contributed by atoms with van der Waals surface area (Å²) in [6, 6.07) is 4.81. The van der Waals surface area contributed by atoms with Crippen LogP contribution in [0.1, 0.15) is 21.5 Å². The summed E-state index contributed by atoms with van der Waals surface area (Å²) in [5.41, 5.74) is 12.0. The molecule has 0 atom stereocenters. The molecule has 0 bridgehead atoms. The van der Waals surface area contributed by atoms with Crippen LogP contribution in [0.3, 0.4) is 0 Å². The summed E-state index contributed by atoms with van der Waals surface area (Å²) < 4.78 is 15.2. The van der Waals surface area contributed by atoms with Crippen molar-refractivity contribution in [1.29, 1.82) is 0 Å². The molecule has 1 aromatic carbocycles. The van der Waals surface area contributed by atoms with Gasteiger partial charge in [0, 0.05) is 18.3 Å². The Morgan fingerprint density at radius 3 is 2.78 bits per heavy atom. The Bertz CT molecular complexity index is 579. The van der Waals surface area contributed by atoms with Crippen LogP contribution in [0.15, 0.2) is 30.6 Å². The number of hydrogen-bond donors (Lipinski definition) is 2. The molecule has 1 heterocycles. The maximum Gasteiger partial charge on any atom is 0.251 e. The normalized spacial score (nSPS) is 10.6. The summed E-state index contributed by atoms with van der Waals surface area (Å²) >= 11 is 0. The lowest BCUT2D eigenvalue weighted by Gasteiger charge is -2.05. The second kappa shape index (κ2) is 4.97. The molecule has 1 amide bonds. The summed E-state index contributed by atoms with van der Waals surface area (Å²) in [4.78, 5) is 10.9. The first kappa shape index (κ1) is 12.3. The standard InChI is InChI=1S/C12H13FN4O/c13-11-3-8(4-14)1-2-9(11)6-17-7-10(5-16-17)12(15)18/h1-3,5,7H,4,6,14H2,(H2,15,18). The molecule has 0 spiro atoms. The van der Waals surface area contributed by atoms with Crippen LogP contribution in [-0.2, 0) is 13.1 Å². The van der Waals surface area contributed by atoms with E-state index in [0.29, 0.717) is 17.7 Å². The molecule has 94 valence electrons. The fourth-order valence-electron chi connectivity index (χ4n) is 1.60. The van der Waals surface area contributed by atoms with Crippen molar-refractivity contribution in [2.45, 2.75) is 13.1 Å². The molecule has 18 heavy (non-hydrogen) atoms. The van der Waals surface area contributed by atoms with Gasteiger partial charge < -0.3 is 11.5 Å². The van der Waals surface area contributed by atoms with Crippen LogP contribution in [0.25, 0.3) is 0 Å². The second-order valence-electron chi connectivity index (χ2n) is 3.92. The molecule has 0 radical (unpaired) electrons. The van der Waals surface area contributed by atoms with Crippen molar-refractivity contribution in [2.24, 2.45) is 11.5 Å². The highest BCUT2D eigenvalue weighted by Crippen LogP contribution is 2.12. The van der Waals surface area contributed by atoms with E-state index in [-0.39, 0.29) is 12.4 Å². The number of carbonyl (C=O) groups excluding carboxylic acids is 1. The molecule has 4 N–H and O–H groups in total. The molecule has 2 rings (SSSR count). The van der Waals surface area contributed by atoms with Gasteiger partial charge in [0.1, 0.15) is 5.82 Å². The minimum absolute atomic E-state index is 0.240. The molecule has 0 aliphatic heterocycles. The molecule has 2 aromatic rings. The van der Waals surface area contributed by atoms with Crippen LogP contribution in [0.2, 0.25) is 0 Å². The van der Waals surface area contributed by atoms with Gasteiger partial charge >= 0.3 is 0 Å². The van der Waals surface area contributed by atoms with E-state index in [4.69, 9.17) is 11.5 Å². The van der Waals surface area contributed by atoms with Crippen LogP contribution < -0.4 is 11.5 Å². The molecule has 1 aromatic heterocycles. The van der Waals surface area contributed by atoms with E-state index in [9.17, 15) is 9.18 Å². The van der Waals surface area contributed by atoms with Crippen LogP contribution in [0.4, 0.5) is 4.39 Å². The van der Waals surface area contributed by atoms with E-state index in [1.54, 1.807) is 12.1 Å². The van der Waals surface area contributed by atoms with E-state index in [0.717, 1.165) is 5.56 Å². The number of hydrogen-bond acceptors (Lipinski definition) is 3. The van der Waals surface area contributed by atoms with Crippen molar-refractivity contribution in [3.05, 3.63) is 53.1 Å². The molecule has 0 unspecified atom stereocenters. The molecule has 0 fully saturated rings. The summed E-state index contributed by atoms with van der Waals surface area (Å²) in [6.45, 7) is 0.536. The van der Waals surface area contributed by atoms with Crippen LogP contribution in [0, 0.1) is 5.82 Å². The van der Waals surface area contributed by atoms with Crippen molar-refractivity contribution in [1.82, 2.24) is 9.78 Å². The first-order valence-corrected chi connectivity index (χ1v) is 5.40. The Morgan fingerprint density at radius 2 is 2.22 bits per heavy atom. The van der Waals surface area contributed by atoms with Gasteiger partial charge in [0.05, 0.1) is 18.3 Å².